The highest BCUT2D eigenvalue weighted by Gasteiger charge is 2.32. The summed E-state index contributed by atoms with van der Waals surface area (Å²) < 4.78 is 17.3. The number of aromatic nitrogens is 1. The summed E-state index contributed by atoms with van der Waals surface area (Å²) in [5, 5.41) is 14.7. The summed E-state index contributed by atoms with van der Waals surface area (Å²) in [6.45, 7) is 11.5. The first kappa shape index (κ1) is 27.5. The zero-order valence-electron chi connectivity index (χ0n) is 23.3. The van der Waals surface area contributed by atoms with Gasteiger partial charge < -0.3 is 20.7 Å². The van der Waals surface area contributed by atoms with Crippen molar-refractivity contribution in [3.05, 3.63) is 68.9 Å². The molecule has 0 radical (unpaired) electrons. The summed E-state index contributed by atoms with van der Waals surface area (Å²) in [6, 6.07) is 7.63. The summed E-state index contributed by atoms with van der Waals surface area (Å²) in [4.78, 5) is 28.3. The Morgan fingerprint density at radius 3 is 2.62 bits per heavy atom. The highest BCUT2D eigenvalue weighted by Crippen LogP contribution is 2.45. The smallest absolute Gasteiger partial charge is 0.258 e. The maximum Gasteiger partial charge on any atom is 0.258 e. The second kappa shape index (κ2) is 10.5. The fourth-order valence-corrected chi connectivity index (χ4v) is 5.77. The van der Waals surface area contributed by atoms with Crippen LogP contribution >= 0.6 is 0 Å². The number of fused-ring (bicyclic) bond motifs is 1. The van der Waals surface area contributed by atoms with Crippen LogP contribution in [0, 0.1) is 18.2 Å². The van der Waals surface area contributed by atoms with Crippen molar-refractivity contribution in [3.63, 3.8) is 0 Å². The molecule has 1 aromatic heterocycles. The van der Waals surface area contributed by atoms with Gasteiger partial charge in [-0.15, -0.1) is 0 Å². The summed E-state index contributed by atoms with van der Waals surface area (Å²) in [7, 11) is 0. The van der Waals surface area contributed by atoms with E-state index in [2.05, 4.69) is 17.1 Å². The van der Waals surface area contributed by atoms with Crippen LogP contribution in [0.5, 0.6) is 0 Å². The topological polar surface area (TPSA) is 101 Å². The van der Waals surface area contributed by atoms with Crippen molar-refractivity contribution in [2.45, 2.75) is 65.6 Å². The highest BCUT2D eigenvalue weighted by molar-refractivity contribution is 5.97. The first-order valence-corrected chi connectivity index (χ1v) is 13.9. The number of nitrogens with zero attached hydrogens (tertiary/aromatic N) is 2. The fraction of sp³-hybridized carbons (Fsp3) is 0.484. The van der Waals surface area contributed by atoms with Gasteiger partial charge in [-0.05, 0) is 78.4 Å². The van der Waals surface area contributed by atoms with Crippen molar-refractivity contribution in [1.29, 1.82) is 0 Å². The number of benzene rings is 2. The van der Waals surface area contributed by atoms with Gasteiger partial charge in [0.1, 0.15) is 5.82 Å². The standard InChI is InChI=1S/C31H39FN4O3/c1-18-13-34-9-10-35(18)14-22-15-36(16-31(3,4)17-37)30(39)23-8-7-21(11-25(22)23)24-12-26(29(33)38)27(20-5-6-20)28(32)19(24)2/h7-8,11-12,15,18,20,34,37H,5-6,9-10,13-14,16-17H2,1-4H3,(H2,33,38)/t18-/m0/s1. The van der Waals surface area contributed by atoms with E-state index in [1.165, 1.54) is 0 Å². The molecule has 8 heteroatoms. The lowest BCUT2D eigenvalue weighted by atomic mass is 9.90. The van der Waals surface area contributed by atoms with Crippen LogP contribution in [0.4, 0.5) is 4.39 Å². The van der Waals surface area contributed by atoms with Gasteiger partial charge in [0.15, 0.2) is 0 Å². The molecule has 2 fully saturated rings. The molecule has 2 aliphatic rings. The molecular formula is C31H39FN4O3. The summed E-state index contributed by atoms with van der Waals surface area (Å²) in [5.74, 6) is -0.938. The van der Waals surface area contributed by atoms with Gasteiger partial charge in [-0.2, -0.15) is 0 Å². The molecule has 1 aliphatic heterocycles. The first-order chi connectivity index (χ1) is 18.5. The van der Waals surface area contributed by atoms with Gasteiger partial charge in [0.2, 0.25) is 5.91 Å². The molecule has 5 rings (SSSR count). The number of nitrogens with two attached hydrogens (primary N) is 1. The van der Waals surface area contributed by atoms with Gasteiger partial charge in [0.05, 0.1) is 0 Å². The van der Waals surface area contributed by atoms with E-state index < -0.39 is 11.3 Å². The number of carbonyl (C=O) groups is 1. The highest BCUT2D eigenvalue weighted by atomic mass is 19.1. The molecule has 0 bridgehead atoms. The fourth-order valence-electron chi connectivity index (χ4n) is 5.77. The predicted octanol–water partition coefficient (Wildman–Crippen LogP) is 3.90. The largest absolute Gasteiger partial charge is 0.396 e. The first-order valence-electron chi connectivity index (χ1n) is 13.9. The molecule has 208 valence electrons. The Kier molecular flexibility index (Phi) is 7.39. The van der Waals surface area contributed by atoms with Crippen LogP contribution in [0.15, 0.2) is 35.3 Å². The third-order valence-corrected chi connectivity index (χ3v) is 8.32. The number of carbonyl (C=O) groups excluding carboxylic acids is 1. The zero-order valence-corrected chi connectivity index (χ0v) is 23.3. The Morgan fingerprint density at radius 2 is 1.97 bits per heavy atom. The van der Waals surface area contributed by atoms with Crippen molar-refractivity contribution < 1.29 is 14.3 Å². The van der Waals surface area contributed by atoms with Gasteiger partial charge in [0.25, 0.3) is 5.56 Å². The minimum absolute atomic E-state index is 0.0372. The molecule has 1 saturated heterocycles. The van der Waals surface area contributed by atoms with Crippen molar-refractivity contribution in [1.82, 2.24) is 14.8 Å². The number of piperazine rings is 1. The Morgan fingerprint density at radius 1 is 1.23 bits per heavy atom. The second-order valence-electron chi connectivity index (χ2n) is 12.2. The van der Waals surface area contributed by atoms with E-state index >= 15 is 4.39 Å². The number of rotatable bonds is 8. The molecule has 2 aromatic carbocycles. The molecule has 2 heterocycles. The lowest BCUT2D eigenvalue weighted by molar-refractivity contribution is 0.0999. The normalized spacial score (nSPS) is 18.6. The van der Waals surface area contributed by atoms with Gasteiger partial charge >= 0.3 is 0 Å². The van der Waals surface area contributed by atoms with Crippen molar-refractivity contribution >= 4 is 16.7 Å². The Labute approximate surface area is 228 Å². The Hall–Kier alpha value is -3.07. The van der Waals surface area contributed by atoms with Crippen molar-refractivity contribution in [3.8, 4) is 11.1 Å². The molecule has 4 N–H and O–H groups in total. The lowest BCUT2D eigenvalue weighted by Crippen LogP contribution is -2.49. The molecule has 3 aromatic rings. The lowest BCUT2D eigenvalue weighted by Gasteiger charge is -2.34. The van der Waals surface area contributed by atoms with Gasteiger partial charge in [-0.1, -0.05) is 19.9 Å². The molecule has 39 heavy (non-hydrogen) atoms. The van der Waals surface area contributed by atoms with Crippen LogP contribution in [-0.4, -0.2) is 52.8 Å². The minimum Gasteiger partial charge on any atom is -0.396 e. The molecule has 1 atom stereocenters. The van der Waals surface area contributed by atoms with E-state index in [-0.39, 0.29) is 29.5 Å². The zero-order chi connectivity index (χ0) is 28.1. The van der Waals surface area contributed by atoms with Crippen LogP contribution < -0.4 is 16.6 Å². The van der Waals surface area contributed by atoms with Crippen molar-refractivity contribution in [2.75, 3.05) is 26.2 Å². The Bertz CT molecular complexity index is 1490. The van der Waals surface area contributed by atoms with Crippen LogP contribution in [0.1, 0.15) is 66.6 Å². The van der Waals surface area contributed by atoms with Crippen LogP contribution in [0.2, 0.25) is 0 Å². The van der Waals surface area contributed by atoms with E-state index in [0.717, 1.165) is 49.0 Å². The minimum atomic E-state index is -0.624. The molecule has 1 saturated carbocycles. The summed E-state index contributed by atoms with van der Waals surface area (Å²) >= 11 is 0. The number of nitrogens with one attached hydrogen (secondary N) is 1. The third kappa shape index (κ3) is 5.38. The van der Waals surface area contributed by atoms with Crippen LogP contribution in [0.25, 0.3) is 21.9 Å². The monoisotopic (exact) mass is 534 g/mol. The number of hydrogen-bond acceptors (Lipinski definition) is 5. The van der Waals surface area contributed by atoms with E-state index in [4.69, 9.17) is 5.73 Å². The van der Waals surface area contributed by atoms with E-state index in [1.54, 1.807) is 23.6 Å². The quantitative estimate of drug-likeness (QED) is 0.407. The molecule has 0 spiro atoms. The van der Waals surface area contributed by atoms with E-state index in [0.29, 0.717) is 41.2 Å². The van der Waals surface area contributed by atoms with E-state index in [9.17, 15) is 14.7 Å². The number of hydrogen-bond donors (Lipinski definition) is 3. The predicted molar refractivity (Wildman–Crippen MR) is 152 cm³/mol. The number of pyridine rings is 1. The summed E-state index contributed by atoms with van der Waals surface area (Å²) in [6.07, 6.45) is 3.64. The maximum atomic E-state index is 15.6. The average molecular weight is 535 g/mol. The van der Waals surface area contributed by atoms with Gasteiger partial charge in [-0.25, -0.2) is 4.39 Å². The molecular weight excluding hydrogens is 495 g/mol. The molecule has 7 nitrogen and oxygen atoms in total. The molecule has 0 unspecified atom stereocenters. The number of aliphatic hydroxyl groups is 1. The number of amides is 1. The second-order valence-corrected chi connectivity index (χ2v) is 12.2. The van der Waals surface area contributed by atoms with Gasteiger partial charge in [0, 0.05) is 73.5 Å². The van der Waals surface area contributed by atoms with Gasteiger partial charge in [-0.3, -0.25) is 14.5 Å². The van der Waals surface area contributed by atoms with Crippen LogP contribution in [-0.2, 0) is 13.1 Å². The number of primary amides is 1. The summed E-state index contributed by atoms with van der Waals surface area (Å²) in [5.41, 5.74) is 8.63. The molecule has 1 amide bonds. The number of aliphatic hydroxyl groups excluding tert-OH is 1. The Balaban J connectivity index is 1.68. The third-order valence-electron chi connectivity index (χ3n) is 8.32. The van der Waals surface area contributed by atoms with E-state index in [1.807, 2.05) is 32.2 Å². The number of halogens is 1. The SMILES string of the molecule is Cc1c(-c2ccc3c(=O)n(CC(C)(C)CO)cc(CN4CCNC[C@@H]4C)c3c2)cc(C(N)=O)c(C2CC2)c1F. The van der Waals surface area contributed by atoms with Crippen LogP contribution in [0.3, 0.4) is 0 Å². The van der Waals surface area contributed by atoms with Crippen molar-refractivity contribution in [2.24, 2.45) is 11.1 Å². The maximum absolute atomic E-state index is 15.6. The molecule has 1 aliphatic carbocycles. The average Bonchev–Trinajstić information content (AvgIpc) is 3.74.